The summed E-state index contributed by atoms with van der Waals surface area (Å²) < 4.78 is 0. The topological polar surface area (TPSA) is 43.1 Å². The van der Waals surface area contributed by atoms with Gasteiger partial charge in [0.1, 0.15) is 0 Å². The van der Waals surface area contributed by atoms with Crippen LogP contribution in [0.2, 0.25) is 0 Å². The fraction of sp³-hybridized carbons (Fsp3) is 0.640. The molecule has 0 heterocycles. The number of primary amides is 1. The average Bonchev–Trinajstić information content (AvgIpc) is 2.68. The number of amides is 1. The Morgan fingerprint density at radius 2 is 1.52 bits per heavy atom. The molecular weight excluding hydrogens is 330 g/mol. The molecule has 0 bridgehead atoms. The van der Waals surface area contributed by atoms with Crippen molar-refractivity contribution < 1.29 is 4.79 Å². The Bertz CT molecular complexity index is 496. The Morgan fingerprint density at radius 3 is 2.04 bits per heavy atom. The van der Waals surface area contributed by atoms with E-state index in [1.165, 1.54) is 69.8 Å². The molecule has 1 amide bonds. The van der Waals surface area contributed by atoms with Gasteiger partial charge in [-0.25, -0.2) is 0 Å². The molecule has 152 valence electrons. The second kappa shape index (κ2) is 15.5. The summed E-state index contributed by atoms with van der Waals surface area (Å²) in [5, 5.41) is 0. The second-order valence-electron chi connectivity index (χ2n) is 7.99. The van der Waals surface area contributed by atoms with Gasteiger partial charge in [0.05, 0.1) is 0 Å². The first-order valence-corrected chi connectivity index (χ1v) is 11.1. The Kier molecular flexibility index (Phi) is 13.5. The Labute approximate surface area is 167 Å². The van der Waals surface area contributed by atoms with Crippen LogP contribution in [0.4, 0.5) is 0 Å². The SMILES string of the molecule is C=CC(CCCCCCCCCCCC)CC(Cc1ccccc1)C(N)=O. The van der Waals surface area contributed by atoms with E-state index in [1.54, 1.807) is 0 Å². The molecule has 2 unspecified atom stereocenters. The third-order valence-electron chi connectivity index (χ3n) is 5.58. The molecule has 0 aliphatic heterocycles. The highest BCUT2D eigenvalue weighted by atomic mass is 16.1. The second-order valence-corrected chi connectivity index (χ2v) is 7.99. The molecule has 2 heteroatoms. The van der Waals surface area contributed by atoms with Crippen LogP contribution in [0.15, 0.2) is 43.0 Å². The van der Waals surface area contributed by atoms with Crippen molar-refractivity contribution in [1.29, 1.82) is 0 Å². The number of rotatable bonds is 17. The lowest BCUT2D eigenvalue weighted by atomic mass is 9.86. The monoisotopic (exact) mass is 371 g/mol. The summed E-state index contributed by atoms with van der Waals surface area (Å²) >= 11 is 0. The van der Waals surface area contributed by atoms with E-state index in [2.05, 4.69) is 25.6 Å². The van der Waals surface area contributed by atoms with Gasteiger partial charge in [-0.15, -0.1) is 6.58 Å². The van der Waals surface area contributed by atoms with Gasteiger partial charge in [-0.3, -0.25) is 4.79 Å². The number of nitrogens with two attached hydrogens (primary N) is 1. The standard InChI is InChI=1S/C25H41NO/c1-3-5-6-7-8-9-10-11-12-14-17-22(4-2)20-24(25(26)27)21-23-18-15-13-16-19-23/h4,13,15-16,18-19,22,24H,2-3,5-12,14,17,20-21H2,1H3,(H2,26,27). The molecule has 27 heavy (non-hydrogen) atoms. The van der Waals surface area contributed by atoms with Crippen LogP contribution in [0.3, 0.4) is 0 Å². The molecule has 1 aromatic carbocycles. The van der Waals surface area contributed by atoms with Crippen LogP contribution >= 0.6 is 0 Å². The lowest BCUT2D eigenvalue weighted by Gasteiger charge is -2.19. The summed E-state index contributed by atoms with van der Waals surface area (Å²) in [7, 11) is 0. The molecular formula is C25H41NO. The fourth-order valence-corrected chi connectivity index (χ4v) is 3.79. The third-order valence-corrected chi connectivity index (χ3v) is 5.58. The van der Waals surface area contributed by atoms with Crippen molar-refractivity contribution in [3.8, 4) is 0 Å². The molecule has 0 fully saturated rings. The number of carbonyl (C=O) groups excluding carboxylic acids is 1. The van der Waals surface area contributed by atoms with Gasteiger partial charge in [-0.1, -0.05) is 108 Å². The van der Waals surface area contributed by atoms with Crippen LogP contribution < -0.4 is 5.73 Å². The highest BCUT2D eigenvalue weighted by Gasteiger charge is 2.19. The summed E-state index contributed by atoms with van der Waals surface area (Å²) in [4.78, 5) is 11.9. The van der Waals surface area contributed by atoms with Gasteiger partial charge in [0, 0.05) is 5.92 Å². The lowest BCUT2D eigenvalue weighted by Crippen LogP contribution is -2.27. The van der Waals surface area contributed by atoms with Crippen LogP contribution in [0.5, 0.6) is 0 Å². The number of hydrogen-bond acceptors (Lipinski definition) is 1. The van der Waals surface area contributed by atoms with E-state index in [1.807, 2.05) is 24.3 Å². The highest BCUT2D eigenvalue weighted by Crippen LogP contribution is 2.23. The van der Waals surface area contributed by atoms with Crippen LogP contribution in [0.1, 0.15) is 89.5 Å². The minimum Gasteiger partial charge on any atom is -0.369 e. The summed E-state index contributed by atoms with van der Waals surface area (Å²) in [6.45, 7) is 6.26. The van der Waals surface area contributed by atoms with Crippen LogP contribution in [0, 0.1) is 11.8 Å². The van der Waals surface area contributed by atoms with Gasteiger partial charge in [-0.05, 0) is 30.7 Å². The fourth-order valence-electron chi connectivity index (χ4n) is 3.79. The molecule has 0 saturated carbocycles. The largest absolute Gasteiger partial charge is 0.369 e. The summed E-state index contributed by atoms with van der Waals surface area (Å²) in [5.41, 5.74) is 6.85. The molecule has 0 aliphatic carbocycles. The Hall–Kier alpha value is -1.57. The van der Waals surface area contributed by atoms with Gasteiger partial charge in [-0.2, -0.15) is 0 Å². The van der Waals surface area contributed by atoms with E-state index in [9.17, 15) is 4.79 Å². The van der Waals surface area contributed by atoms with Crippen molar-refractivity contribution in [2.75, 3.05) is 0 Å². The Morgan fingerprint density at radius 1 is 0.963 bits per heavy atom. The van der Waals surface area contributed by atoms with Gasteiger partial charge in [0.2, 0.25) is 5.91 Å². The number of hydrogen-bond donors (Lipinski definition) is 1. The van der Waals surface area contributed by atoms with E-state index in [0.29, 0.717) is 5.92 Å². The van der Waals surface area contributed by atoms with Gasteiger partial charge >= 0.3 is 0 Å². The zero-order valence-corrected chi connectivity index (χ0v) is 17.5. The maximum absolute atomic E-state index is 11.9. The van der Waals surface area contributed by atoms with Crippen LogP contribution in [-0.2, 0) is 11.2 Å². The predicted octanol–water partition coefficient (Wildman–Crippen LogP) is 6.83. The molecule has 0 radical (unpaired) electrons. The van der Waals surface area contributed by atoms with E-state index in [4.69, 9.17) is 5.73 Å². The molecule has 1 aromatic rings. The van der Waals surface area contributed by atoms with Crippen molar-refractivity contribution in [3.05, 3.63) is 48.6 Å². The third kappa shape index (κ3) is 11.7. The maximum atomic E-state index is 11.9. The normalized spacial score (nSPS) is 13.2. The molecule has 1 rings (SSSR count). The average molecular weight is 372 g/mol. The molecule has 0 aromatic heterocycles. The number of allylic oxidation sites excluding steroid dienone is 1. The minimum absolute atomic E-state index is 0.0986. The van der Waals surface area contributed by atoms with E-state index in [0.717, 1.165) is 19.3 Å². The van der Waals surface area contributed by atoms with Crippen LogP contribution in [0.25, 0.3) is 0 Å². The molecule has 2 nitrogen and oxygen atoms in total. The summed E-state index contributed by atoms with van der Waals surface area (Å²) in [5.74, 6) is 0.104. The molecule has 2 atom stereocenters. The first-order valence-electron chi connectivity index (χ1n) is 11.1. The predicted molar refractivity (Wildman–Crippen MR) is 118 cm³/mol. The van der Waals surface area contributed by atoms with Crippen molar-refractivity contribution in [2.45, 2.75) is 90.4 Å². The zero-order valence-electron chi connectivity index (χ0n) is 17.5. The van der Waals surface area contributed by atoms with Crippen molar-refractivity contribution >= 4 is 5.91 Å². The van der Waals surface area contributed by atoms with Crippen LogP contribution in [-0.4, -0.2) is 5.91 Å². The van der Waals surface area contributed by atoms with Gasteiger partial charge in [0.25, 0.3) is 0 Å². The Balaban J connectivity index is 2.20. The number of benzene rings is 1. The molecule has 0 aliphatic rings. The van der Waals surface area contributed by atoms with Crippen molar-refractivity contribution in [3.63, 3.8) is 0 Å². The highest BCUT2D eigenvalue weighted by molar-refractivity contribution is 5.77. The van der Waals surface area contributed by atoms with Crippen molar-refractivity contribution in [1.82, 2.24) is 0 Å². The van der Waals surface area contributed by atoms with E-state index in [-0.39, 0.29) is 11.8 Å². The smallest absolute Gasteiger partial charge is 0.220 e. The zero-order chi connectivity index (χ0) is 19.7. The first kappa shape index (κ1) is 23.5. The minimum atomic E-state index is -0.186. The lowest BCUT2D eigenvalue weighted by molar-refractivity contribution is -0.122. The molecule has 0 saturated heterocycles. The molecule has 0 spiro atoms. The summed E-state index contributed by atoms with van der Waals surface area (Å²) in [6.07, 6.45) is 18.2. The van der Waals surface area contributed by atoms with E-state index < -0.39 is 0 Å². The van der Waals surface area contributed by atoms with Gasteiger partial charge < -0.3 is 5.73 Å². The van der Waals surface area contributed by atoms with E-state index >= 15 is 0 Å². The quantitative estimate of drug-likeness (QED) is 0.236. The number of carbonyl (C=O) groups is 1. The summed E-state index contributed by atoms with van der Waals surface area (Å²) in [6, 6.07) is 10.2. The van der Waals surface area contributed by atoms with Gasteiger partial charge in [0.15, 0.2) is 0 Å². The number of unbranched alkanes of at least 4 members (excludes halogenated alkanes) is 9. The first-order chi connectivity index (χ1) is 13.2. The maximum Gasteiger partial charge on any atom is 0.220 e. The molecule has 2 N–H and O–H groups in total. The van der Waals surface area contributed by atoms with Crippen molar-refractivity contribution in [2.24, 2.45) is 17.6 Å².